The van der Waals surface area contributed by atoms with Gasteiger partial charge < -0.3 is 5.32 Å². The van der Waals surface area contributed by atoms with E-state index in [0.717, 1.165) is 11.3 Å². The van der Waals surface area contributed by atoms with Crippen LogP contribution in [0, 0.1) is 0 Å². The molecule has 0 aromatic carbocycles. The summed E-state index contributed by atoms with van der Waals surface area (Å²) in [6.45, 7) is 1.81. The Morgan fingerprint density at radius 1 is 1.47 bits per heavy atom. The van der Waals surface area contributed by atoms with E-state index < -0.39 is 0 Å². The third-order valence-electron chi connectivity index (χ3n) is 2.13. The third kappa shape index (κ3) is 4.00. The number of rotatable bonds is 5. The lowest BCUT2D eigenvalue weighted by molar-refractivity contribution is -0.120. The van der Waals surface area contributed by atoms with E-state index in [1.807, 2.05) is 19.1 Å². The van der Waals surface area contributed by atoms with Crippen LogP contribution in [-0.4, -0.2) is 17.0 Å². The smallest absolute Gasteiger partial charge is 0.223 e. The summed E-state index contributed by atoms with van der Waals surface area (Å²) in [6, 6.07) is 0. The Morgan fingerprint density at radius 3 is 2.80 bits per heavy atom. The second kappa shape index (κ2) is 5.85. The molecule has 0 aromatic rings. The van der Waals surface area contributed by atoms with Crippen molar-refractivity contribution in [1.29, 1.82) is 0 Å². The number of ketones is 1. The van der Waals surface area contributed by atoms with Crippen molar-refractivity contribution >= 4 is 27.6 Å². The molecule has 82 valence electrons. The molecule has 1 N–H and O–H groups in total. The number of amides is 1. The highest BCUT2D eigenvalue weighted by molar-refractivity contribution is 9.09. The van der Waals surface area contributed by atoms with Crippen molar-refractivity contribution in [2.45, 2.75) is 26.2 Å². The number of hydrogen-bond acceptors (Lipinski definition) is 2. The van der Waals surface area contributed by atoms with Crippen LogP contribution in [0.15, 0.2) is 23.4 Å². The molecule has 0 unspecified atom stereocenters. The molecule has 4 heteroatoms. The van der Waals surface area contributed by atoms with Gasteiger partial charge in [0, 0.05) is 25.0 Å². The summed E-state index contributed by atoms with van der Waals surface area (Å²) in [5.41, 5.74) is 1.95. The maximum Gasteiger partial charge on any atom is 0.223 e. The molecule has 0 fully saturated rings. The van der Waals surface area contributed by atoms with Crippen molar-refractivity contribution in [1.82, 2.24) is 5.32 Å². The van der Waals surface area contributed by atoms with Gasteiger partial charge in [-0.25, -0.2) is 0 Å². The summed E-state index contributed by atoms with van der Waals surface area (Å²) < 4.78 is 0. The second-order valence-corrected chi connectivity index (χ2v) is 4.01. The lowest BCUT2D eigenvalue weighted by Crippen LogP contribution is -2.20. The third-order valence-corrected chi connectivity index (χ3v) is 2.76. The summed E-state index contributed by atoms with van der Waals surface area (Å²) in [5.74, 6) is 0.181. The molecular weight excluding hydrogens is 258 g/mol. The zero-order valence-corrected chi connectivity index (χ0v) is 10.3. The van der Waals surface area contributed by atoms with Crippen molar-refractivity contribution in [3.63, 3.8) is 0 Å². The van der Waals surface area contributed by atoms with Crippen molar-refractivity contribution in [3.05, 3.63) is 23.4 Å². The van der Waals surface area contributed by atoms with E-state index in [-0.39, 0.29) is 11.7 Å². The predicted molar refractivity (Wildman–Crippen MR) is 62.6 cm³/mol. The van der Waals surface area contributed by atoms with Gasteiger partial charge in [-0.2, -0.15) is 0 Å². The van der Waals surface area contributed by atoms with Crippen LogP contribution in [0.25, 0.3) is 0 Å². The molecule has 0 aromatic heterocycles. The fourth-order valence-electron chi connectivity index (χ4n) is 1.36. The number of allylic oxidation sites excluding steroid dienone is 3. The monoisotopic (exact) mass is 271 g/mol. The molecule has 1 amide bonds. The predicted octanol–water partition coefficient (Wildman–Crippen LogP) is 2.08. The lowest BCUT2D eigenvalue weighted by Gasteiger charge is -2.05. The molecule has 0 radical (unpaired) electrons. The average Bonchev–Trinajstić information content (AvgIpc) is 2.65. The van der Waals surface area contributed by atoms with Crippen LogP contribution in [0.4, 0.5) is 0 Å². The fraction of sp³-hybridized carbons (Fsp3) is 0.455. The van der Waals surface area contributed by atoms with Crippen LogP contribution in [0.3, 0.4) is 0 Å². The number of carbonyl (C=O) groups is 2. The number of Topliss-reactive ketones (excluding diaryl/α,β-unsaturated/α-hetero) is 1. The first-order valence-corrected chi connectivity index (χ1v) is 6.04. The molecular formula is C11H14BrNO2. The minimum Gasteiger partial charge on any atom is -0.329 e. The summed E-state index contributed by atoms with van der Waals surface area (Å²) in [6.07, 6.45) is 5.40. The summed E-state index contributed by atoms with van der Waals surface area (Å²) in [4.78, 5) is 22.3. The van der Waals surface area contributed by atoms with Crippen molar-refractivity contribution in [3.8, 4) is 0 Å². The van der Waals surface area contributed by atoms with Gasteiger partial charge in [0.1, 0.15) is 5.78 Å². The highest BCUT2D eigenvalue weighted by atomic mass is 79.9. The Hall–Kier alpha value is -0.900. The van der Waals surface area contributed by atoms with Crippen LogP contribution in [0.2, 0.25) is 0 Å². The zero-order valence-electron chi connectivity index (χ0n) is 8.68. The maximum absolute atomic E-state index is 11.2. The molecule has 1 aliphatic rings. The second-order valence-electron chi connectivity index (χ2n) is 3.44. The van der Waals surface area contributed by atoms with Gasteiger partial charge in [-0.05, 0) is 6.08 Å². The molecule has 0 saturated carbocycles. The van der Waals surface area contributed by atoms with Crippen LogP contribution >= 0.6 is 15.9 Å². The van der Waals surface area contributed by atoms with E-state index in [4.69, 9.17) is 0 Å². The first-order chi connectivity index (χ1) is 7.15. The Balaban J connectivity index is 2.36. The van der Waals surface area contributed by atoms with Crippen molar-refractivity contribution < 1.29 is 9.59 Å². The Labute approximate surface area is 97.7 Å². The van der Waals surface area contributed by atoms with Crippen LogP contribution in [0.1, 0.15) is 26.2 Å². The molecule has 15 heavy (non-hydrogen) atoms. The van der Waals surface area contributed by atoms with Crippen LogP contribution in [-0.2, 0) is 9.59 Å². The lowest BCUT2D eigenvalue weighted by atomic mass is 10.1. The SMILES string of the molecule is CCC(=O)NC1=CC=C(CC(=O)CBr)C1. The van der Waals surface area contributed by atoms with E-state index in [9.17, 15) is 9.59 Å². The van der Waals surface area contributed by atoms with E-state index in [1.54, 1.807) is 0 Å². The van der Waals surface area contributed by atoms with E-state index in [0.29, 0.717) is 24.6 Å². The molecule has 0 atom stereocenters. The fourth-order valence-corrected chi connectivity index (χ4v) is 1.55. The van der Waals surface area contributed by atoms with Crippen molar-refractivity contribution in [2.75, 3.05) is 5.33 Å². The molecule has 0 spiro atoms. The Bertz CT molecular complexity index is 299. The molecule has 0 saturated heterocycles. The minimum absolute atomic E-state index is 0.0164. The van der Waals surface area contributed by atoms with Gasteiger partial charge in [-0.3, -0.25) is 9.59 Å². The molecule has 0 heterocycles. The molecule has 3 nitrogen and oxygen atoms in total. The minimum atomic E-state index is 0.0164. The highest BCUT2D eigenvalue weighted by Crippen LogP contribution is 2.20. The van der Waals surface area contributed by atoms with Gasteiger partial charge in [0.05, 0.1) is 5.33 Å². The number of alkyl halides is 1. The van der Waals surface area contributed by atoms with Crippen LogP contribution in [0.5, 0.6) is 0 Å². The average molecular weight is 272 g/mol. The van der Waals surface area contributed by atoms with E-state index in [1.165, 1.54) is 0 Å². The normalized spacial score (nSPS) is 14.5. The summed E-state index contributed by atoms with van der Waals surface area (Å²) in [7, 11) is 0. The molecule has 1 aliphatic carbocycles. The van der Waals surface area contributed by atoms with Gasteiger partial charge in [0.15, 0.2) is 0 Å². The zero-order chi connectivity index (χ0) is 11.3. The highest BCUT2D eigenvalue weighted by Gasteiger charge is 2.12. The Kier molecular flexibility index (Phi) is 4.75. The maximum atomic E-state index is 11.2. The van der Waals surface area contributed by atoms with Crippen molar-refractivity contribution in [2.24, 2.45) is 0 Å². The van der Waals surface area contributed by atoms with Gasteiger partial charge in [0.2, 0.25) is 5.91 Å². The van der Waals surface area contributed by atoms with Gasteiger partial charge in [0.25, 0.3) is 0 Å². The van der Waals surface area contributed by atoms with E-state index in [2.05, 4.69) is 21.2 Å². The van der Waals surface area contributed by atoms with Gasteiger partial charge >= 0.3 is 0 Å². The summed E-state index contributed by atoms with van der Waals surface area (Å²) >= 11 is 3.13. The van der Waals surface area contributed by atoms with Gasteiger partial charge in [-0.15, -0.1) is 0 Å². The van der Waals surface area contributed by atoms with E-state index >= 15 is 0 Å². The molecule has 0 bridgehead atoms. The largest absolute Gasteiger partial charge is 0.329 e. The van der Waals surface area contributed by atoms with Gasteiger partial charge in [-0.1, -0.05) is 34.5 Å². The number of hydrogen-bond donors (Lipinski definition) is 1. The summed E-state index contributed by atoms with van der Waals surface area (Å²) in [5, 5.41) is 3.19. The molecule has 1 rings (SSSR count). The number of halogens is 1. The first-order valence-electron chi connectivity index (χ1n) is 4.91. The number of carbonyl (C=O) groups excluding carboxylic acids is 2. The molecule has 0 aliphatic heterocycles. The Morgan fingerprint density at radius 2 is 2.20 bits per heavy atom. The first kappa shape index (κ1) is 12.2. The topological polar surface area (TPSA) is 46.2 Å². The number of nitrogens with one attached hydrogen (secondary N) is 1. The standard InChI is InChI=1S/C11H14BrNO2/c1-2-11(15)13-9-4-3-8(5-9)6-10(14)7-12/h3-4H,2,5-7H2,1H3,(H,13,15). The quantitative estimate of drug-likeness (QED) is 0.779. The van der Waals surface area contributed by atoms with Crippen LogP contribution < -0.4 is 5.32 Å².